The number of fused-ring (bicyclic) bond motifs is 1. The van der Waals surface area contributed by atoms with Gasteiger partial charge in [0.25, 0.3) is 21.8 Å². The Morgan fingerprint density at radius 2 is 1.91 bits per heavy atom. The van der Waals surface area contributed by atoms with Crippen LogP contribution in [0.15, 0.2) is 29.3 Å². The zero-order chi connectivity index (χ0) is 31.8. The maximum atomic E-state index is 14.2. The highest BCUT2D eigenvalue weighted by Gasteiger charge is 2.48. The second-order valence-corrected chi connectivity index (χ2v) is 13.1. The average molecular weight is 636 g/mol. The number of carbonyl (C=O) groups is 1. The lowest BCUT2D eigenvalue weighted by Gasteiger charge is -2.36. The molecule has 0 spiro atoms. The zero-order valence-corrected chi connectivity index (χ0v) is 25.0. The Balaban J connectivity index is 1.66. The van der Waals surface area contributed by atoms with Gasteiger partial charge in [0.1, 0.15) is 30.8 Å². The third-order valence-corrected chi connectivity index (χ3v) is 8.58. The minimum atomic E-state index is -4.61. The summed E-state index contributed by atoms with van der Waals surface area (Å²) in [5.41, 5.74) is -3.80. The van der Waals surface area contributed by atoms with E-state index in [-0.39, 0.29) is 60.2 Å². The summed E-state index contributed by atoms with van der Waals surface area (Å²) in [5, 5.41) is 28.8. The Labute approximate surface area is 246 Å². The summed E-state index contributed by atoms with van der Waals surface area (Å²) in [7, 11) is -4.41. The summed E-state index contributed by atoms with van der Waals surface area (Å²) in [6.45, 7) is 2.85. The van der Waals surface area contributed by atoms with Crippen molar-refractivity contribution >= 4 is 27.3 Å². The number of nitrogens with zero attached hydrogens (tertiary/aromatic N) is 3. The highest BCUT2D eigenvalue weighted by atomic mass is 32.2. The fraction of sp³-hybridized carbons (Fsp3) is 0.615. The van der Waals surface area contributed by atoms with E-state index in [0.29, 0.717) is 0 Å². The minimum absolute atomic E-state index is 0.0129. The number of hydrogen-bond donors (Lipinski definition) is 4. The summed E-state index contributed by atoms with van der Waals surface area (Å²) in [6.07, 6.45) is -2.52. The first kappa shape index (κ1) is 32.6. The molecule has 43 heavy (non-hydrogen) atoms. The number of alkyl halides is 3. The van der Waals surface area contributed by atoms with Crippen molar-refractivity contribution in [2.45, 2.75) is 75.0 Å². The fourth-order valence-corrected chi connectivity index (χ4v) is 5.55. The molecule has 4 rings (SSSR count). The number of aliphatic hydroxyl groups excluding tert-OH is 1. The van der Waals surface area contributed by atoms with Gasteiger partial charge in [-0.25, -0.2) is 8.42 Å². The summed E-state index contributed by atoms with van der Waals surface area (Å²) >= 11 is 0. The highest BCUT2D eigenvalue weighted by molar-refractivity contribution is 7.93. The van der Waals surface area contributed by atoms with Gasteiger partial charge in [0.2, 0.25) is 0 Å². The van der Waals surface area contributed by atoms with Gasteiger partial charge in [0.15, 0.2) is 10.5 Å². The van der Waals surface area contributed by atoms with Gasteiger partial charge in [-0.2, -0.15) is 13.2 Å². The number of halogens is 3. The summed E-state index contributed by atoms with van der Waals surface area (Å²) in [6, 6.07) is 4.32. The molecular formula is C26H36F3N5O8S. The van der Waals surface area contributed by atoms with Crippen molar-refractivity contribution in [1.82, 2.24) is 15.1 Å². The standard InChI is InChI=1S/C26H36F3N5O8S/c1-24(2,37)23(36)30-12-18-13-34(43(38,39)21-14-33(17-6-7-17)32-22(21)40-10-9-35)19-11-16(5-8-20(19)42-18)31-15-41-25(3,4)26(27,28)29/h5,8,11,14,17-18,31,35,37H,6-7,9-10,12-13,15H2,1-4H3,(H,30,36). The van der Waals surface area contributed by atoms with Gasteiger partial charge in [-0.3, -0.25) is 13.8 Å². The van der Waals surface area contributed by atoms with Crippen LogP contribution in [0.5, 0.6) is 11.6 Å². The van der Waals surface area contributed by atoms with E-state index in [1.165, 1.54) is 42.9 Å². The van der Waals surface area contributed by atoms with Gasteiger partial charge in [-0.05, 0) is 58.7 Å². The molecule has 0 saturated heterocycles. The zero-order valence-electron chi connectivity index (χ0n) is 24.1. The number of aromatic nitrogens is 2. The molecule has 2 aromatic rings. The van der Waals surface area contributed by atoms with E-state index in [4.69, 9.17) is 14.2 Å². The topological polar surface area (TPSA) is 164 Å². The van der Waals surface area contributed by atoms with Crippen LogP contribution in [0.25, 0.3) is 0 Å². The van der Waals surface area contributed by atoms with E-state index in [2.05, 4.69) is 15.7 Å². The Bertz CT molecular complexity index is 1420. The van der Waals surface area contributed by atoms with Crippen LogP contribution in [0.4, 0.5) is 24.5 Å². The summed E-state index contributed by atoms with van der Waals surface area (Å²) < 4.78 is 86.9. The Morgan fingerprint density at radius 1 is 1.21 bits per heavy atom. The Kier molecular flexibility index (Phi) is 9.12. The summed E-state index contributed by atoms with van der Waals surface area (Å²) in [4.78, 5) is 12.0. The first-order chi connectivity index (χ1) is 19.9. The van der Waals surface area contributed by atoms with Gasteiger partial charge in [-0.15, -0.1) is 5.10 Å². The van der Waals surface area contributed by atoms with Crippen LogP contribution in [0.2, 0.25) is 0 Å². The molecule has 240 valence electrons. The average Bonchev–Trinajstić information content (AvgIpc) is 3.67. The number of benzene rings is 1. The number of aliphatic hydroxyl groups is 2. The molecule has 13 nitrogen and oxygen atoms in total. The molecule has 1 aromatic carbocycles. The lowest BCUT2D eigenvalue weighted by molar-refractivity contribution is -0.261. The minimum Gasteiger partial charge on any atom is -0.484 e. The molecule has 1 atom stereocenters. The number of anilines is 2. The fourth-order valence-electron chi connectivity index (χ4n) is 3.98. The molecule has 0 bridgehead atoms. The molecule has 2 aliphatic rings. The summed E-state index contributed by atoms with van der Waals surface area (Å²) in [5.74, 6) is -0.771. The smallest absolute Gasteiger partial charge is 0.416 e. The van der Waals surface area contributed by atoms with Crippen molar-refractivity contribution in [2.24, 2.45) is 0 Å². The Morgan fingerprint density at radius 3 is 2.51 bits per heavy atom. The van der Waals surface area contributed by atoms with Crippen LogP contribution in [-0.4, -0.2) is 90.8 Å². The van der Waals surface area contributed by atoms with Gasteiger partial charge < -0.3 is 35.1 Å². The van der Waals surface area contributed by atoms with Crippen molar-refractivity contribution in [1.29, 1.82) is 0 Å². The number of ether oxygens (including phenoxy) is 3. The van der Waals surface area contributed by atoms with Gasteiger partial charge in [-0.1, -0.05) is 0 Å². The molecular weight excluding hydrogens is 599 g/mol. The molecule has 1 saturated carbocycles. The molecule has 0 radical (unpaired) electrons. The van der Waals surface area contributed by atoms with Crippen LogP contribution in [-0.2, 0) is 19.6 Å². The molecule has 2 heterocycles. The Hall–Kier alpha value is -3.28. The SMILES string of the molecule is CC(C)(O)C(=O)NCC1CN(S(=O)(=O)c2cn(C3CC3)nc2OCCO)c2cc(NCOC(C)(C)C(F)(F)F)ccc2O1. The molecule has 1 amide bonds. The van der Waals surface area contributed by atoms with Crippen molar-refractivity contribution in [3.63, 3.8) is 0 Å². The third-order valence-electron chi connectivity index (χ3n) is 6.81. The molecule has 1 aromatic heterocycles. The number of hydrogen-bond acceptors (Lipinski definition) is 10. The van der Waals surface area contributed by atoms with Gasteiger partial charge >= 0.3 is 6.18 Å². The molecule has 1 aliphatic heterocycles. The van der Waals surface area contributed by atoms with Crippen LogP contribution in [0.3, 0.4) is 0 Å². The van der Waals surface area contributed by atoms with E-state index in [1.807, 2.05) is 0 Å². The predicted molar refractivity (Wildman–Crippen MR) is 147 cm³/mol. The van der Waals surface area contributed by atoms with Gasteiger partial charge in [0, 0.05) is 11.9 Å². The lowest BCUT2D eigenvalue weighted by atomic mass is 10.1. The van der Waals surface area contributed by atoms with Crippen LogP contribution >= 0.6 is 0 Å². The van der Waals surface area contributed by atoms with Crippen molar-refractivity contribution < 1.29 is 50.8 Å². The maximum absolute atomic E-state index is 14.2. The highest BCUT2D eigenvalue weighted by Crippen LogP contribution is 2.42. The van der Waals surface area contributed by atoms with Gasteiger partial charge in [0.05, 0.1) is 31.4 Å². The van der Waals surface area contributed by atoms with E-state index in [9.17, 15) is 36.6 Å². The number of sulfonamides is 1. The largest absolute Gasteiger partial charge is 0.484 e. The lowest BCUT2D eigenvalue weighted by Crippen LogP contribution is -2.51. The number of nitrogens with one attached hydrogen (secondary N) is 2. The monoisotopic (exact) mass is 635 g/mol. The number of carbonyl (C=O) groups excluding carboxylic acids is 1. The number of rotatable bonds is 13. The maximum Gasteiger partial charge on any atom is 0.416 e. The molecule has 1 fully saturated rings. The van der Waals surface area contributed by atoms with Crippen LogP contribution < -0.4 is 24.4 Å². The quantitative estimate of drug-likeness (QED) is 0.240. The first-order valence-electron chi connectivity index (χ1n) is 13.6. The second kappa shape index (κ2) is 12.0. The third kappa shape index (κ3) is 7.45. The second-order valence-electron chi connectivity index (χ2n) is 11.3. The molecule has 1 unspecified atom stereocenters. The van der Waals surface area contributed by atoms with Crippen LogP contribution in [0, 0.1) is 0 Å². The van der Waals surface area contributed by atoms with E-state index >= 15 is 0 Å². The normalized spacial score (nSPS) is 17.7. The van der Waals surface area contributed by atoms with Crippen molar-refractivity contribution in [3.05, 3.63) is 24.4 Å². The van der Waals surface area contributed by atoms with E-state index in [0.717, 1.165) is 31.0 Å². The van der Waals surface area contributed by atoms with Crippen LogP contribution in [0.1, 0.15) is 46.6 Å². The molecule has 1 aliphatic carbocycles. The molecule has 4 N–H and O–H groups in total. The van der Waals surface area contributed by atoms with E-state index in [1.54, 1.807) is 0 Å². The number of amides is 1. The first-order valence-corrected chi connectivity index (χ1v) is 15.0. The molecule has 17 heteroatoms. The van der Waals surface area contributed by atoms with E-state index < -0.39 is 46.1 Å². The van der Waals surface area contributed by atoms with Crippen molar-refractivity contribution in [2.75, 3.05) is 42.7 Å². The predicted octanol–water partition coefficient (Wildman–Crippen LogP) is 2.16. The van der Waals surface area contributed by atoms with Crippen molar-refractivity contribution in [3.8, 4) is 11.6 Å².